The van der Waals surface area contributed by atoms with Gasteiger partial charge >= 0.3 is 6.09 Å². The number of amides is 1. The van der Waals surface area contributed by atoms with Gasteiger partial charge in [0, 0.05) is 0 Å². The lowest BCUT2D eigenvalue weighted by Crippen LogP contribution is -2.50. The van der Waals surface area contributed by atoms with Crippen LogP contribution in [0.15, 0.2) is 60.7 Å². The topological polar surface area (TPSA) is 59.0 Å². The Kier molecular flexibility index (Phi) is 5.30. The van der Waals surface area contributed by atoms with Gasteiger partial charge in [-0.1, -0.05) is 60.7 Å². The number of β-amino-alcohol motifs (C(OH)–C–C–N with tert-alkyl or cyclic N) is 1. The van der Waals surface area contributed by atoms with Crippen molar-refractivity contribution >= 4 is 6.09 Å². The van der Waals surface area contributed by atoms with Crippen LogP contribution in [-0.2, 0) is 9.47 Å². The number of nitrogens with zero attached hydrogens (tertiary/aromatic N) is 1. The normalized spacial score (nSPS) is 23.5. The van der Waals surface area contributed by atoms with Crippen molar-refractivity contribution in [3.05, 3.63) is 71.8 Å². The molecule has 1 amide bonds. The van der Waals surface area contributed by atoms with Gasteiger partial charge < -0.3 is 14.6 Å². The molecule has 0 saturated carbocycles. The van der Waals surface area contributed by atoms with Gasteiger partial charge in [-0.3, -0.25) is 4.90 Å². The Morgan fingerprint density at radius 2 is 1.58 bits per heavy atom. The Morgan fingerprint density at radius 1 is 1.04 bits per heavy atom. The van der Waals surface area contributed by atoms with Crippen LogP contribution in [0.25, 0.3) is 0 Å². The molecular formula is C21H25NO4. The van der Waals surface area contributed by atoms with Crippen LogP contribution in [0.5, 0.6) is 0 Å². The zero-order valence-electron chi connectivity index (χ0n) is 15.3. The molecule has 1 saturated heterocycles. The molecule has 1 aliphatic rings. The Morgan fingerprint density at radius 3 is 2.12 bits per heavy atom. The minimum absolute atomic E-state index is 0.0534. The number of aliphatic hydroxyl groups is 1. The largest absolute Gasteiger partial charge is 0.444 e. The molecule has 0 spiro atoms. The molecule has 2 aromatic carbocycles. The first-order valence-electron chi connectivity index (χ1n) is 8.78. The molecule has 1 N–H and O–H groups in total. The van der Waals surface area contributed by atoms with Crippen LogP contribution in [-0.4, -0.2) is 34.5 Å². The second-order valence-electron chi connectivity index (χ2n) is 7.41. The lowest BCUT2D eigenvalue weighted by molar-refractivity contribution is -0.204. The van der Waals surface area contributed by atoms with E-state index < -0.39 is 30.1 Å². The van der Waals surface area contributed by atoms with E-state index in [1.807, 2.05) is 81.4 Å². The number of carbonyl (C=O) groups is 1. The Bertz CT molecular complexity index is 727. The average Bonchev–Trinajstić information content (AvgIpc) is 2.61. The van der Waals surface area contributed by atoms with Crippen LogP contribution < -0.4 is 0 Å². The van der Waals surface area contributed by atoms with Crippen molar-refractivity contribution in [2.45, 2.75) is 44.8 Å². The third kappa shape index (κ3) is 4.23. The van der Waals surface area contributed by atoms with E-state index in [0.29, 0.717) is 0 Å². The van der Waals surface area contributed by atoms with Gasteiger partial charge in [0.05, 0.1) is 12.6 Å². The predicted molar refractivity (Wildman–Crippen MR) is 98.4 cm³/mol. The number of hydrogen-bond acceptors (Lipinski definition) is 4. The molecule has 5 nitrogen and oxygen atoms in total. The van der Waals surface area contributed by atoms with E-state index in [0.717, 1.165) is 11.1 Å². The third-order valence-corrected chi connectivity index (χ3v) is 4.18. The summed E-state index contributed by atoms with van der Waals surface area (Å²) in [5.74, 6) is 0. The molecule has 0 bridgehead atoms. The number of hydrogen-bond donors (Lipinski definition) is 1. The van der Waals surface area contributed by atoms with E-state index in [9.17, 15) is 9.90 Å². The fourth-order valence-electron chi connectivity index (χ4n) is 3.15. The van der Waals surface area contributed by atoms with Crippen LogP contribution in [0.1, 0.15) is 44.0 Å². The zero-order chi connectivity index (χ0) is 18.7. The van der Waals surface area contributed by atoms with Gasteiger partial charge in [0.15, 0.2) is 6.29 Å². The first-order valence-corrected chi connectivity index (χ1v) is 8.78. The number of benzene rings is 2. The molecule has 3 atom stereocenters. The maximum absolute atomic E-state index is 12.9. The Labute approximate surface area is 154 Å². The molecule has 2 aromatic rings. The summed E-state index contributed by atoms with van der Waals surface area (Å²) in [6, 6.07) is 18.9. The fourth-order valence-corrected chi connectivity index (χ4v) is 3.15. The summed E-state index contributed by atoms with van der Waals surface area (Å²) in [4.78, 5) is 14.4. The van der Waals surface area contributed by atoms with Crippen molar-refractivity contribution in [2.24, 2.45) is 0 Å². The summed E-state index contributed by atoms with van der Waals surface area (Å²) in [5.41, 5.74) is 1.21. The second-order valence-corrected chi connectivity index (χ2v) is 7.41. The van der Waals surface area contributed by atoms with Crippen molar-refractivity contribution in [1.82, 2.24) is 4.90 Å². The molecule has 0 radical (unpaired) electrons. The highest BCUT2D eigenvalue weighted by atomic mass is 16.6. The number of aliphatic hydroxyl groups excluding tert-OH is 1. The quantitative estimate of drug-likeness (QED) is 0.883. The predicted octanol–water partition coefficient (Wildman–Crippen LogP) is 4.05. The van der Waals surface area contributed by atoms with E-state index in [-0.39, 0.29) is 6.54 Å². The van der Waals surface area contributed by atoms with Gasteiger partial charge in [0.25, 0.3) is 0 Å². The van der Waals surface area contributed by atoms with E-state index in [1.54, 1.807) is 4.90 Å². The van der Waals surface area contributed by atoms with Crippen molar-refractivity contribution in [2.75, 3.05) is 6.54 Å². The molecule has 1 aliphatic heterocycles. The molecule has 3 rings (SSSR count). The minimum atomic E-state index is -1.08. The number of morpholine rings is 1. The summed E-state index contributed by atoms with van der Waals surface area (Å²) < 4.78 is 11.4. The maximum atomic E-state index is 12.9. The summed E-state index contributed by atoms with van der Waals surface area (Å²) in [5, 5.41) is 10.3. The SMILES string of the molecule is CC(C)(C)OC(=O)N1CC(O)O[C@H](c2ccccc2)[C@@H]1c1ccccc1. The lowest BCUT2D eigenvalue weighted by Gasteiger charge is -2.43. The first kappa shape index (κ1) is 18.4. The number of ether oxygens (including phenoxy) is 2. The van der Waals surface area contributed by atoms with Gasteiger partial charge in [0.2, 0.25) is 0 Å². The highest BCUT2D eigenvalue weighted by Gasteiger charge is 2.42. The Hall–Kier alpha value is -2.37. The van der Waals surface area contributed by atoms with Crippen LogP contribution in [0, 0.1) is 0 Å². The lowest BCUT2D eigenvalue weighted by atomic mass is 9.93. The van der Waals surface area contributed by atoms with Gasteiger partial charge in [-0.2, -0.15) is 0 Å². The molecule has 1 fully saturated rings. The monoisotopic (exact) mass is 355 g/mol. The third-order valence-electron chi connectivity index (χ3n) is 4.18. The van der Waals surface area contributed by atoms with E-state index in [4.69, 9.17) is 9.47 Å². The molecule has 0 aromatic heterocycles. The van der Waals surface area contributed by atoms with Crippen molar-refractivity contribution in [3.8, 4) is 0 Å². The van der Waals surface area contributed by atoms with Crippen LogP contribution in [0.4, 0.5) is 4.79 Å². The molecule has 0 aliphatic carbocycles. The Balaban J connectivity index is 2.02. The minimum Gasteiger partial charge on any atom is -0.444 e. The molecule has 5 heteroatoms. The second kappa shape index (κ2) is 7.48. The summed E-state index contributed by atoms with van der Waals surface area (Å²) in [6.07, 6.45) is -2.03. The van der Waals surface area contributed by atoms with E-state index in [1.165, 1.54) is 0 Å². The average molecular weight is 355 g/mol. The molecule has 26 heavy (non-hydrogen) atoms. The molecule has 1 unspecified atom stereocenters. The standard InChI is InChI=1S/C21H25NO4/c1-21(2,3)26-20(24)22-14-17(23)25-19(16-12-8-5-9-13-16)18(22)15-10-6-4-7-11-15/h4-13,17-19,23H,14H2,1-3H3/t17?,18-,19+/m0/s1. The molecule has 1 heterocycles. The number of rotatable bonds is 2. The van der Waals surface area contributed by atoms with Gasteiger partial charge in [0.1, 0.15) is 11.7 Å². The first-order chi connectivity index (χ1) is 12.3. The van der Waals surface area contributed by atoms with E-state index in [2.05, 4.69) is 0 Å². The summed E-state index contributed by atoms with van der Waals surface area (Å²) in [6.45, 7) is 5.54. The molecular weight excluding hydrogens is 330 g/mol. The van der Waals surface area contributed by atoms with Crippen LogP contribution in [0.3, 0.4) is 0 Å². The highest BCUT2D eigenvalue weighted by molar-refractivity contribution is 5.69. The van der Waals surface area contributed by atoms with Crippen molar-refractivity contribution in [3.63, 3.8) is 0 Å². The van der Waals surface area contributed by atoms with Crippen LogP contribution in [0.2, 0.25) is 0 Å². The van der Waals surface area contributed by atoms with Crippen molar-refractivity contribution < 1.29 is 19.4 Å². The smallest absolute Gasteiger partial charge is 0.411 e. The molecule has 138 valence electrons. The summed E-state index contributed by atoms with van der Waals surface area (Å²) >= 11 is 0. The fraction of sp³-hybridized carbons (Fsp3) is 0.381. The highest BCUT2D eigenvalue weighted by Crippen LogP contribution is 2.41. The zero-order valence-corrected chi connectivity index (χ0v) is 15.3. The van der Waals surface area contributed by atoms with Crippen molar-refractivity contribution in [1.29, 1.82) is 0 Å². The van der Waals surface area contributed by atoms with E-state index >= 15 is 0 Å². The van der Waals surface area contributed by atoms with Crippen LogP contribution >= 0.6 is 0 Å². The number of carbonyl (C=O) groups excluding carboxylic acids is 1. The van der Waals surface area contributed by atoms with Gasteiger partial charge in [-0.25, -0.2) is 4.79 Å². The summed E-state index contributed by atoms with van der Waals surface area (Å²) in [7, 11) is 0. The van der Waals surface area contributed by atoms with Gasteiger partial charge in [-0.15, -0.1) is 0 Å². The van der Waals surface area contributed by atoms with Gasteiger partial charge in [-0.05, 0) is 31.9 Å². The maximum Gasteiger partial charge on any atom is 0.411 e.